The third-order valence-corrected chi connectivity index (χ3v) is 5.56. The van der Waals surface area contributed by atoms with Gasteiger partial charge in [0.1, 0.15) is 31.0 Å². The Labute approximate surface area is 172 Å². The van der Waals surface area contributed by atoms with Gasteiger partial charge in [0.15, 0.2) is 0 Å². The molecule has 0 aromatic rings. The molecule has 0 saturated carbocycles. The van der Waals surface area contributed by atoms with Gasteiger partial charge in [-0.05, 0) is 6.42 Å². The van der Waals surface area contributed by atoms with Crippen LogP contribution >= 0.6 is 0 Å². The Balaban J connectivity index is 2.39. The monoisotopic (exact) mass is 432 g/mol. The van der Waals surface area contributed by atoms with Gasteiger partial charge in [0.25, 0.3) is 0 Å². The largest absolute Gasteiger partial charge is 0.481 e. The SMILES string of the molecule is C=CC1C(OC2(CO)OC(CO)C(O)C(O)C2O)CC=C(C(=O)OC)C1CC(=O)O. The molecule has 0 aromatic heterocycles. The minimum Gasteiger partial charge on any atom is -0.481 e. The zero-order chi connectivity index (χ0) is 22.6. The maximum absolute atomic E-state index is 12.1. The van der Waals surface area contributed by atoms with Crippen molar-refractivity contribution < 1.29 is 54.4 Å². The van der Waals surface area contributed by atoms with Crippen LogP contribution in [0.4, 0.5) is 0 Å². The second-order valence-corrected chi connectivity index (χ2v) is 7.30. The Morgan fingerprint density at radius 1 is 1.30 bits per heavy atom. The normalized spacial score (nSPS) is 39.1. The molecule has 0 aromatic carbocycles. The average molecular weight is 432 g/mol. The Bertz CT molecular complexity index is 675. The molecule has 2 rings (SSSR count). The number of esters is 1. The fourth-order valence-corrected chi connectivity index (χ4v) is 3.98. The maximum Gasteiger partial charge on any atom is 0.333 e. The molecule has 1 aliphatic heterocycles. The first kappa shape index (κ1) is 24.4. The first-order valence-corrected chi connectivity index (χ1v) is 9.40. The summed E-state index contributed by atoms with van der Waals surface area (Å²) >= 11 is 0. The van der Waals surface area contributed by atoms with E-state index in [1.54, 1.807) is 0 Å². The number of hydrogen-bond acceptors (Lipinski definition) is 10. The van der Waals surface area contributed by atoms with Crippen LogP contribution in [0, 0.1) is 11.8 Å². The van der Waals surface area contributed by atoms with E-state index >= 15 is 0 Å². The summed E-state index contributed by atoms with van der Waals surface area (Å²) in [5.41, 5.74) is 0.136. The molecule has 0 bridgehead atoms. The van der Waals surface area contributed by atoms with Crippen molar-refractivity contribution in [1.29, 1.82) is 0 Å². The zero-order valence-corrected chi connectivity index (χ0v) is 16.5. The summed E-state index contributed by atoms with van der Waals surface area (Å²) in [6.45, 7) is 2.02. The van der Waals surface area contributed by atoms with Gasteiger partial charge in [-0.15, -0.1) is 6.58 Å². The van der Waals surface area contributed by atoms with E-state index in [2.05, 4.69) is 6.58 Å². The van der Waals surface area contributed by atoms with Gasteiger partial charge in [-0.25, -0.2) is 4.79 Å². The first-order valence-electron chi connectivity index (χ1n) is 9.40. The number of carboxylic acids is 1. The van der Waals surface area contributed by atoms with E-state index in [1.807, 2.05) is 0 Å². The summed E-state index contributed by atoms with van der Waals surface area (Å²) in [6, 6.07) is 0. The van der Waals surface area contributed by atoms with E-state index in [-0.39, 0.29) is 12.0 Å². The second-order valence-electron chi connectivity index (χ2n) is 7.30. The molecule has 0 amide bonds. The van der Waals surface area contributed by atoms with Crippen molar-refractivity contribution in [3.63, 3.8) is 0 Å². The van der Waals surface area contributed by atoms with E-state index < -0.39 is 79.7 Å². The van der Waals surface area contributed by atoms with Crippen LogP contribution in [0.1, 0.15) is 12.8 Å². The van der Waals surface area contributed by atoms with Gasteiger partial charge in [0.05, 0.1) is 26.2 Å². The fraction of sp³-hybridized carbons (Fsp3) is 0.684. The molecule has 170 valence electrons. The van der Waals surface area contributed by atoms with Gasteiger partial charge in [-0.3, -0.25) is 4.79 Å². The van der Waals surface area contributed by atoms with Crippen LogP contribution in [-0.2, 0) is 23.8 Å². The summed E-state index contributed by atoms with van der Waals surface area (Å²) in [7, 11) is 1.17. The van der Waals surface area contributed by atoms with E-state index in [4.69, 9.17) is 14.2 Å². The molecular formula is C19H28O11. The number of carbonyl (C=O) groups excluding carboxylic acids is 1. The van der Waals surface area contributed by atoms with Crippen molar-refractivity contribution in [3.05, 3.63) is 24.3 Å². The standard InChI is InChI=1S/C19H28O11/c1-3-9-11(6-14(22)23)10(18(27)28-2)4-5-12(9)29-19(8-21)17(26)16(25)15(24)13(7-20)30-19/h3-4,9,11-13,15-17,20-21,24-26H,1,5-8H2,2H3,(H,22,23). The number of rotatable bonds is 8. The molecule has 0 spiro atoms. The number of aliphatic hydroxyl groups excluding tert-OH is 5. The summed E-state index contributed by atoms with van der Waals surface area (Å²) < 4.78 is 16.0. The van der Waals surface area contributed by atoms with Crippen molar-refractivity contribution in [3.8, 4) is 0 Å². The summed E-state index contributed by atoms with van der Waals surface area (Å²) in [5, 5.41) is 59.1. The molecule has 6 N–H and O–H groups in total. The van der Waals surface area contributed by atoms with Crippen LogP contribution in [0.5, 0.6) is 0 Å². The van der Waals surface area contributed by atoms with Crippen LogP contribution in [0.15, 0.2) is 24.3 Å². The van der Waals surface area contributed by atoms with Crippen LogP contribution in [0.2, 0.25) is 0 Å². The molecule has 1 fully saturated rings. The van der Waals surface area contributed by atoms with Gasteiger partial charge >= 0.3 is 11.9 Å². The van der Waals surface area contributed by atoms with E-state index in [9.17, 15) is 40.2 Å². The lowest BCUT2D eigenvalue weighted by atomic mass is 9.74. The molecule has 30 heavy (non-hydrogen) atoms. The smallest absolute Gasteiger partial charge is 0.333 e. The van der Waals surface area contributed by atoms with Crippen molar-refractivity contribution in [2.75, 3.05) is 20.3 Å². The topological polar surface area (TPSA) is 183 Å². The molecule has 8 atom stereocenters. The number of ether oxygens (including phenoxy) is 3. The Morgan fingerprint density at radius 3 is 2.47 bits per heavy atom. The van der Waals surface area contributed by atoms with Gasteiger partial charge < -0.3 is 44.8 Å². The van der Waals surface area contributed by atoms with E-state index in [0.717, 1.165) is 0 Å². The molecule has 0 radical (unpaired) electrons. The van der Waals surface area contributed by atoms with Gasteiger partial charge in [0, 0.05) is 17.4 Å². The van der Waals surface area contributed by atoms with Crippen LogP contribution in [0.3, 0.4) is 0 Å². The number of carbonyl (C=O) groups is 2. The highest BCUT2D eigenvalue weighted by molar-refractivity contribution is 5.90. The highest BCUT2D eigenvalue weighted by Gasteiger charge is 2.56. The van der Waals surface area contributed by atoms with E-state index in [1.165, 1.54) is 19.3 Å². The number of aliphatic hydroxyl groups is 5. The van der Waals surface area contributed by atoms with Crippen molar-refractivity contribution >= 4 is 11.9 Å². The van der Waals surface area contributed by atoms with Crippen LogP contribution in [0.25, 0.3) is 0 Å². The Hall–Kier alpha value is -1.86. The molecule has 1 saturated heterocycles. The molecule has 11 nitrogen and oxygen atoms in total. The van der Waals surface area contributed by atoms with E-state index in [0.29, 0.717) is 0 Å². The predicted molar refractivity (Wildman–Crippen MR) is 98.8 cm³/mol. The minimum absolute atomic E-state index is 0.0531. The quantitative estimate of drug-likeness (QED) is 0.183. The van der Waals surface area contributed by atoms with Gasteiger partial charge in [-0.2, -0.15) is 0 Å². The first-order chi connectivity index (χ1) is 14.1. The summed E-state index contributed by atoms with van der Waals surface area (Å²) in [6.07, 6.45) is -5.10. The lowest BCUT2D eigenvalue weighted by molar-refractivity contribution is -0.385. The lowest BCUT2D eigenvalue weighted by Crippen LogP contribution is -2.68. The third kappa shape index (κ3) is 4.57. The predicted octanol–water partition coefficient (Wildman–Crippen LogP) is -2.07. The minimum atomic E-state index is -2.21. The lowest BCUT2D eigenvalue weighted by Gasteiger charge is -2.49. The van der Waals surface area contributed by atoms with Crippen molar-refractivity contribution in [1.82, 2.24) is 0 Å². The number of aliphatic carboxylic acids is 1. The number of hydrogen-bond donors (Lipinski definition) is 6. The van der Waals surface area contributed by atoms with Crippen LogP contribution < -0.4 is 0 Å². The molecule has 11 heteroatoms. The summed E-state index contributed by atoms with van der Waals surface area (Å²) in [4.78, 5) is 23.5. The van der Waals surface area contributed by atoms with Crippen molar-refractivity contribution in [2.45, 2.75) is 49.1 Å². The highest BCUT2D eigenvalue weighted by atomic mass is 16.7. The molecule has 2 aliphatic rings. The number of carboxylic acid groups (broad SMARTS) is 1. The van der Waals surface area contributed by atoms with Gasteiger partial charge in [-0.1, -0.05) is 12.2 Å². The number of methoxy groups -OCH3 is 1. The molecule has 1 aliphatic carbocycles. The Kier molecular flexibility index (Phi) is 8.11. The zero-order valence-electron chi connectivity index (χ0n) is 16.5. The van der Waals surface area contributed by atoms with Crippen LogP contribution in [-0.4, -0.2) is 99.2 Å². The second kappa shape index (κ2) is 9.96. The average Bonchev–Trinajstić information content (AvgIpc) is 2.73. The maximum atomic E-state index is 12.1. The van der Waals surface area contributed by atoms with Crippen molar-refractivity contribution in [2.24, 2.45) is 11.8 Å². The molecule has 8 unspecified atom stereocenters. The third-order valence-electron chi connectivity index (χ3n) is 5.56. The fourth-order valence-electron chi connectivity index (χ4n) is 3.98. The van der Waals surface area contributed by atoms with Gasteiger partial charge in [0.2, 0.25) is 5.79 Å². The molecule has 1 heterocycles. The molecular weight excluding hydrogens is 404 g/mol. The Morgan fingerprint density at radius 2 is 1.97 bits per heavy atom. The highest BCUT2D eigenvalue weighted by Crippen LogP contribution is 2.40. The summed E-state index contributed by atoms with van der Waals surface area (Å²) in [5.74, 6) is -5.70.